The van der Waals surface area contributed by atoms with Crippen molar-refractivity contribution in [1.82, 2.24) is 5.32 Å². The summed E-state index contributed by atoms with van der Waals surface area (Å²) in [4.78, 5) is 0. The first-order valence-electron chi connectivity index (χ1n) is 10.8. The van der Waals surface area contributed by atoms with E-state index in [0.717, 1.165) is 0 Å². The first-order valence-corrected chi connectivity index (χ1v) is 14.7. The van der Waals surface area contributed by atoms with Crippen LogP contribution in [0.1, 0.15) is 50.4 Å². The highest BCUT2D eigenvalue weighted by molar-refractivity contribution is 7.55. The van der Waals surface area contributed by atoms with Gasteiger partial charge in [-0.2, -0.15) is 0 Å². The molecule has 2 aromatic carbocycles. The van der Waals surface area contributed by atoms with E-state index < -0.39 is 26.8 Å². The smallest absolute Gasteiger partial charge is 0.308 e. The van der Waals surface area contributed by atoms with Crippen LogP contribution in [0, 0.1) is 0 Å². The molecule has 2 aromatic rings. The second kappa shape index (κ2) is 13.4. The molecule has 0 aliphatic rings. The summed E-state index contributed by atoms with van der Waals surface area (Å²) in [5, 5.41) is 4.27. The number of benzene rings is 2. The molecule has 2 rings (SSSR count). The molecule has 184 valence electrons. The lowest BCUT2D eigenvalue weighted by molar-refractivity contribution is 0.196. The first kappa shape index (κ1) is 28.5. The maximum atomic E-state index is 13.9. The Morgan fingerprint density at radius 2 is 0.909 bits per heavy atom. The molecule has 0 bridgehead atoms. The molecule has 2 atom stereocenters. The highest BCUT2D eigenvalue weighted by Crippen LogP contribution is 2.65. The number of halogens is 2. The molecule has 0 aliphatic carbocycles. The Labute approximate surface area is 206 Å². The molecule has 0 spiro atoms. The van der Waals surface area contributed by atoms with Crippen LogP contribution in [0.5, 0.6) is 0 Å². The van der Waals surface area contributed by atoms with Gasteiger partial charge in [0, 0.05) is 10.0 Å². The van der Waals surface area contributed by atoms with Gasteiger partial charge in [0.1, 0.15) is 11.6 Å². The fourth-order valence-corrected chi connectivity index (χ4v) is 7.56. The van der Waals surface area contributed by atoms with Gasteiger partial charge in [-0.15, -0.1) is 0 Å². The van der Waals surface area contributed by atoms with Gasteiger partial charge in [0.15, 0.2) is 0 Å². The zero-order valence-electron chi connectivity index (χ0n) is 19.2. The third-order valence-corrected chi connectivity index (χ3v) is 9.69. The summed E-state index contributed by atoms with van der Waals surface area (Å²) in [6, 6.07) is 13.6. The van der Waals surface area contributed by atoms with E-state index in [0.29, 0.717) is 21.2 Å². The quantitative estimate of drug-likeness (QED) is 0.246. The van der Waals surface area contributed by atoms with Gasteiger partial charge in [-0.25, -0.2) is 0 Å². The summed E-state index contributed by atoms with van der Waals surface area (Å²) in [7, 11) is -7.54. The predicted octanol–water partition coefficient (Wildman–Crippen LogP) is 7.81. The van der Waals surface area contributed by atoms with Crippen LogP contribution in [0.2, 0.25) is 10.0 Å². The van der Waals surface area contributed by atoms with Gasteiger partial charge in [-0.05, 0) is 63.1 Å². The van der Waals surface area contributed by atoms with Crippen LogP contribution in [0.4, 0.5) is 0 Å². The van der Waals surface area contributed by atoms with Gasteiger partial charge in [-0.3, -0.25) is 14.4 Å². The van der Waals surface area contributed by atoms with Crippen molar-refractivity contribution in [1.29, 1.82) is 0 Å². The van der Waals surface area contributed by atoms with Gasteiger partial charge in [0.2, 0.25) is 0 Å². The maximum absolute atomic E-state index is 13.9. The van der Waals surface area contributed by atoms with Crippen molar-refractivity contribution in [2.75, 3.05) is 26.4 Å². The van der Waals surface area contributed by atoms with E-state index in [1.54, 1.807) is 76.2 Å². The van der Waals surface area contributed by atoms with Crippen molar-refractivity contribution < 1.29 is 27.2 Å². The maximum Gasteiger partial charge on any atom is 0.351 e. The number of rotatable bonds is 14. The molecule has 0 aliphatic heterocycles. The Bertz CT molecular complexity index is 861. The van der Waals surface area contributed by atoms with Gasteiger partial charge >= 0.3 is 15.2 Å². The molecule has 0 aromatic heterocycles. The van der Waals surface area contributed by atoms with Gasteiger partial charge < -0.3 is 18.1 Å². The average molecular weight is 538 g/mol. The molecule has 0 fully saturated rings. The molecular weight excluding hydrogens is 507 g/mol. The first-order chi connectivity index (χ1) is 15.7. The summed E-state index contributed by atoms with van der Waals surface area (Å²) in [5.41, 5.74) is 1.17. The summed E-state index contributed by atoms with van der Waals surface area (Å²) >= 11 is 12.2. The molecule has 1 N–H and O–H groups in total. The summed E-state index contributed by atoms with van der Waals surface area (Å²) in [5.74, 6) is -1.96. The number of hydrogen-bond acceptors (Lipinski definition) is 7. The van der Waals surface area contributed by atoms with Crippen LogP contribution in [0.25, 0.3) is 0 Å². The van der Waals surface area contributed by atoms with Crippen LogP contribution in [0.15, 0.2) is 48.5 Å². The second-order valence-electron chi connectivity index (χ2n) is 6.83. The molecule has 0 saturated heterocycles. The standard InChI is InChI=1S/C22H31Cl2NO6P2/c1-5-28-32(26,29-6-2)21(17-9-13-19(23)14-10-17)25-22(18-11-15-20(24)16-12-18)33(27,30-7-3)31-8-4/h9-16,21-22,25H,5-8H2,1-4H3/t21-,22-/m0/s1. The number of nitrogens with one attached hydrogen (secondary N) is 1. The van der Waals surface area contributed by atoms with Crippen molar-refractivity contribution in [3.63, 3.8) is 0 Å². The Morgan fingerprint density at radius 1 is 0.636 bits per heavy atom. The lowest BCUT2D eigenvalue weighted by Crippen LogP contribution is -2.29. The summed E-state index contributed by atoms with van der Waals surface area (Å²) in [6.45, 7) is 7.54. The van der Waals surface area contributed by atoms with Crippen LogP contribution < -0.4 is 5.32 Å². The Kier molecular flexibility index (Phi) is 11.6. The molecule has 11 heteroatoms. The van der Waals surface area contributed by atoms with Gasteiger partial charge in [0.25, 0.3) is 0 Å². The molecule has 0 saturated carbocycles. The van der Waals surface area contributed by atoms with E-state index in [-0.39, 0.29) is 26.4 Å². The van der Waals surface area contributed by atoms with Crippen molar-refractivity contribution in [2.24, 2.45) is 0 Å². The van der Waals surface area contributed by atoms with Crippen LogP contribution >= 0.6 is 38.4 Å². The van der Waals surface area contributed by atoms with E-state index >= 15 is 0 Å². The monoisotopic (exact) mass is 537 g/mol. The van der Waals surface area contributed by atoms with Crippen molar-refractivity contribution >= 4 is 38.4 Å². The van der Waals surface area contributed by atoms with Crippen molar-refractivity contribution in [2.45, 2.75) is 39.3 Å². The minimum absolute atomic E-state index is 0.156. The highest BCUT2D eigenvalue weighted by atomic mass is 35.5. The third kappa shape index (κ3) is 7.63. The third-order valence-electron chi connectivity index (χ3n) is 4.56. The Morgan fingerprint density at radius 3 is 1.15 bits per heavy atom. The SMILES string of the molecule is CCOP(=O)(OCC)[C@H](N[C@H](c1ccc(Cl)cc1)P(=O)(OCC)OCC)c1ccc(Cl)cc1. The van der Waals surface area contributed by atoms with Crippen molar-refractivity contribution in [3.8, 4) is 0 Å². The topological polar surface area (TPSA) is 83.1 Å². The van der Waals surface area contributed by atoms with E-state index in [1.807, 2.05) is 0 Å². The van der Waals surface area contributed by atoms with Gasteiger partial charge in [-0.1, -0.05) is 47.5 Å². The fraction of sp³-hybridized carbons (Fsp3) is 0.455. The minimum Gasteiger partial charge on any atom is -0.308 e. The highest BCUT2D eigenvalue weighted by Gasteiger charge is 2.44. The van der Waals surface area contributed by atoms with E-state index in [4.69, 9.17) is 41.3 Å². The predicted molar refractivity (Wildman–Crippen MR) is 133 cm³/mol. The normalized spacial score (nSPS) is 14.2. The summed E-state index contributed by atoms with van der Waals surface area (Å²) in [6.07, 6.45) is 0. The average Bonchev–Trinajstić information content (AvgIpc) is 2.77. The number of hydrogen-bond donors (Lipinski definition) is 1. The van der Waals surface area contributed by atoms with Crippen LogP contribution in [-0.4, -0.2) is 26.4 Å². The Balaban J connectivity index is 2.66. The summed E-state index contributed by atoms with van der Waals surface area (Å²) < 4.78 is 50.5. The van der Waals surface area contributed by atoms with E-state index in [9.17, 15) is 9.13 Å². The molecule has 7 nitrogen and oxygen atoms in total. The molecule has 0 heterocycles. The Hall–Kier alpha value is -0.720. The van der Waals surface area contributed by atoms with E-state index in [1.165, 1.54) is 0 Å². The molecule has 33 heavy (non-hydrogen) atoms. The molecule has 0 unspecified atom stereocenters. The van der Waals surface area contributed by atoms with Crippen molar-refractivity contribution in [3.05, 3.63) is 69.7 Å². The largest absolute Gasteiger partial charge is 0.351 e. The second-order valence-corrected chi connectivity index (χ2v) is 11.9. The zero-order chi connectivity index (χ0) is 24.5. The minimum atomic E-state index is -3.77. The zero-order valence-corrected chi connectivity index (χ0v) is 22.5. The lowest BCUT2D eigenvalue weighted by Gasteiger charge is -2.34. The van der Waals surface area contributed by atoms with Gasteiger partial charge in [0.05, 0.1) is 26.4 Å². The lowest BCUT2D eigenvalue weighted by atomic mass is 10.2. The fourth-order valence-electron chi connectivity index (χ4n) is 3.27. The van der Waals surface area contributed by atoms with E-state index in [2.05, 4.69) is 5.32 Å². The van der Waals surface area contributed by atoms with Crippen LogP contribution in [-0.2, 0) is 27.2 Å². The molecular formula is C22H31Cl2NO6P2. The van der Waals surface area contributed by atoms with Crippen LogP contribution in [0.3, 0.4) is 0 Å². The molecule has 0 amide bonds. The molecule has 0 radical (unpaired) electrons.